The van der Waals surface area contributed by atoms with E-state index in [1.54, 1.807) is 18.9 Å². The fourth-order valence-corrected chi connectivity index (χ4v) is 1.96. The van der Waals surface area contributed by atoms with Crippen molar-refractivity contribution in [3.8, 4) is 5.75 Å². The molecule has 1 unspecified atom stereocenters. The Morgan fingerprint density at radius 1 is 1.55 bits per heavy atom. The highest BCUT2D eigenvalue weighted by Gasteiger charge is 2.19. The number of nitrogens with one attached hydrogen (secondary N) is 1. The second-order valence-corrected chi connectivity index (χ2v) is 5.05. The number of likely N-dealkylation sites (N-methyl/N-ethyl adjacent to an activating group) is 2. The van der Waals surface area contributed by atoms with Crippen LogP contribution in [0.2, 0.25) is 0 Å². The first kappa shape index (κ1) is 19.1. The first-order valence-electron chi connectivity index (χ1n) is 5.97. The number of hydrogen-bond acceptors (Lipinski definition) is 3. The fraction of sp³-hybridized carbons (Fsp3) is 0.462. The van der Waals surface area contributed by atoms with Crippen LogP contribution in [0.15, 0.2) is 22.7 Å². The lowest BCUT2D eigenvalue weighted by Crippen LogP contribution is -2.40. The maximum absolute atomic E-state index is 12.9. The lowest BCUT2D eigenvalue weighted by molar-refractivity contribution is -0.136. The Balaban J connectivity index is 0.00000361. The van der Waals surface area contributed by atoms with Crippen molar-refractivity contribution in [3.05, 3.63) is 28.5 Å². The zero-order valence-corrected chi connectivity index (χ0v) is 14.1. The molecule has 0 aromatic heterocycles. The molecule has 1 N–H and O–H groups in total. The van der Waals surface area contributed by atoms with Gasteiger partial charge in [0.05, 0.1) is 4.47 Å². The highest BCUT2D eigenvalue weighted by molar-refractivity contribution is 9.10. The van der Waals surface area contributed by atoms with Crippen LogP contribution < -0.4 is 10.1 Å². The number of carbonyl (C=O) groups excluding carboxylic acids is 1. The number of hydrogen-bond donors (Lipinski definition) is 1. The number of carbonyl (C=O) groups is 1. The molecule has 1 amide bonds. The molecule has 0 aliphatic carbocycles. The van der Waals surface area contributed by atoms with Gasteiger partial charge in [-0.15, -0.1) is 12.4 Å². The van der Waals surface area contributed by atoms with E-state index in [-0.39, 0.29) is 24.1 Å². The van der Waals surface area contributed by atoms with E-state index in [1.165, 1.54) is 18.2 Å². The Hall–Kier alpha value is -0.850. The van der Waals surface area contributed by atoms with Crippen molar-refractivity contribution < 1.29 is 13.9 Å². The third-order valence-electron chi connectivity index (χ3n) is 2.62. The zero-order valence-electron chi connectivity index (χ0n) is 11.7. The van der Waals surface area contributed by atoms with E-state index >= 15 is 0 Å². The van der Waals surface area contributed by atoms with E-state index in [4.69, 9.17) is 4.74 Å². The van der Waals surface area contributed by atoms with Gasteiger partial charge in [0.25, 0.3) is 5.91 Å². The summed E-state index contributed by atoms with van der Waals surface area (Å²) in [5.41, 5.74) is 0. The van der Waals surface area contributed by atoms with E-state index in [0.717, 1.165) is 6.54 Å². The summed E-state index contributed by atoms with van der Waals surface area (Å²) in [7, 11) is 3.55. The normalized spacial score (nSPS) is 11.4. The third-order valence-corrected chi connectivity index (χ3v) is 3.24. The minimum absolute atomic E-state index is 0. The van der Waals surface area contributed by atoms with Gasteiger partial charge in [-0.05, 0) is 48.1 Å². The van der Waals surface area contributed by atoms with Crippen molar-refractivity contribution in [3.63, 3.8) is 0 Å². The molecule has 0 fully saturated rings. The molecule has 1 aromatic rings. The molecule has 114 valence electrons. The van der Waals surface area contributed by atoms with Crippen molar-refractivity contribution >= 4 is 34.2 Å². The number of halogens is 3. The monoisotopic (exact) mass is 368 g/mol. The lowest BCUT2D eigenvalue weighted by Gasteiger charge is -2.22. The van der Waals surface area contributed by atoms with Gasteiger partial charge >= 0.3 is 0 Å². The summed E-state index contributed by atoms with van der Waals surface area (Å²) < 4.78 is 19.0. The van der Waals surface area contributed by atoms with Crippen LogP contribution in [0.5, 0.6) is 5.75 Å². The summed E-state index contributed by atoms with van der Waals surface area (Å²) in [5.74, 6) is -0.0277. The maximum atomic E-state index is 12.9. The van der Waals surface area contributed by atoms with Gasteiger partial charge in [0.15, 0.2) is 6.10 Å². The molecule has 0 aliphatic heterocycles. The summed E-state index contributed by atoms with van der Waals surface area (Å²) in [6.45, 7) is 3.00. The zero-order chi connectivity index (χ0) is 14.4. The van der Waals surface area contributed by atoms with Crippen LogP contribution in [0.3, 0.4) is 0 Å². The van der Waals surface area contributed by atoms with Crippen LogP contribution in [0.4, 0.5) is 4.39 Å². The van der Waals surface area contributed by atoms with Gasteiger partial charge < -0.3 is 15.0 Å². The van der Waals surface area contributed by atoms with E-state index < -0.39 is 6.10 Å². The molecule has 20 heavy (non-hydrogen) atoms. The van der Waals surface area contributed by atoms with Crippen LogP contribution in [0.25, 0.3) is 0 Å². The molecule has 4 nitrogen and oxygen atoms in total. The number of amides is 1. The van der Waals surface area contributed by atoms with Crippen LogP contribution in [-0.4, -0.2) is 44.1 Å². The standard InChI is InChI=1S/C13H18BrFN2O2.ClH/c1-9(13(18)17(3)7-6-16-2)19-12-5-4-10(15)8-11(12)14;/h4-5,8-9,16H,6-7H2,1-3H3;1H. The third kappa shape index (κ3) is 5.64. The Labute approximate surface area is 133 Å². The first-order valence-corrected chi connectivity index (χ1v) is 6.76. The van der Waals surface area contributed by atoms with E-state index in [0.29, 0.717) is 16.8 Å². The van der Waals surface area contributed by atoms with Crippen molar-refractivity contribution in [1.82, 2.24) is 10.2 Å². The van der Waals surface area contributed by atoms with Crippen molar-refractivity contribution in [2.24, 2.45) is 0 Å². The molecule has 1 atom stereocenters. The first-order chi connectivity index (χ1) is 8.95. The van der Waals surface area contributed by atoms with Crippen LogP contribution in [-0.2, 0) is 4.79 Å². The van der Waals surface area contributed by atoms with Gasteiger partial charge in [0.2, 0.25) is 0 Å². The summed E-state index contributed by atoms with van der Waals surface area (Å²) in [5, 5.41) is 2.97. The Bertz CT molecular complexity index is 448. The topological polar surface area (TPSA) is 41.6 Å². The molecule has 0 saturated carbocycles. The quantitative estimate of drug-likeness (QED) is 0.837. The Kier molecular flexibility index (Phi) is 8.76. The van der Waals surface area contributed by atoms with Crippen LogP contribution >= 0.6 is 28.3 Å². The number of benzene rings is 1. The second-order valence-electron chi connectivity index (χ2n) is 4.20. The Morgan fingerprint density at radius 3 is 2.75 bits per heavy atom. The number of nitrogens with zero attached hydrogens (tertiary/aromatic N) is 1. The van der Waals surface area contributed by atoms with Gasteiger partial charge in [-0.25, -0.2) is 4.39 Å². The summed E-state index contributed by atoms with van der Waals surface area (Å²) in [4.78, 5) is 13.6. The summed E-state index contributed by atoms with van der Waals surface area (Å²) in [6, 6.07) is 4.09. The minimum atomic E-state index is -0.622. The molecule has 7 heteroatoms. The van der Waals surface area contributed by atoms with Crippen molar-refractivity contribution in [2.45, 2.75) is 13.0 Å². The predicted octanol–water partition coefficient (Wildman–Crippen LogP) is 2.46. The van der Waals surface area contributed by atoms with Crippen molar-refractivity contribution in [1.29, 1.82) is 0 Å². The highest BCUT2D eigenvalue weighted by Crippen LogP contribution is 2.26. The van der Waals surface area contributed by atoms with Gasteiger partial charge in [-0.3, -0.25) is 4.79 Å². The fourth-order valence-electron chi connectivity index (χ4n) is 1.51. The SMILES string of the molecule is CNCCN(C)C(=O)C(C)Oc1ccc(F)cc1Br.Cl. The Morgan fingerprint density at radius 2 is 2.20 bits per heavy atom. The number of rotatable bonds is 6. The maximum Gasteiger partial charge on any atom is 0.263 e. The summed E-state index contributed by atoms with van der Waals surface area (Å²) >= 11 is 3.20. The summed E-state index contributed by atoms with van der Waals surface area (Å²) in [6.07, 6.45) is -0.622. The van der Waals surface area contributed by atoms with Gasteiger partial charge in [0.1, 0.15) is 11.6 Å². The molecule has 0 spiro atoms. The van der Waals surface area contributed by atoms with Crippen molar-refractivity contribution in [2.75, 3.05) is 27.2 Å². The van der Waals surface area contributed by atoms with Crippen LogP contribution in [0.1, 0.15) is 6.92 Å². The molecular weight excluding hydrogens is 351 g/mol. The molecule has 0 bridgehead atoms. The highest BCUT2D eigenvalue weighted by atomic mass is 79.9. The lowest BCUT2D eigenvalue weighted by atomic mass is 10.3. The second kappa shape index (κ2) is 9.15. The number of ether oxygens (including phenoxy) is 1. The molecule has 1 aromatic carbocycles. The average Bonchev–Trinajstić information content (AvgIpc) is 2.38. The van der Waals surface area contributed by atoms with Crippen LogP contribution in [0, 0.1) is 5.82 Å². The van der Waals surface area contributed by atoms with Gasteiger partial charge in [-0.2, -0.15) is 0 Å². The van der Waals surface area contributed by atoms with Gasteiger partial charge in [-0.1, -0.05) is 0 Å². The molecule has 1 rings (SSSR count). The molecule has 0 aliphatic rings. The molecule has 0 saturated heterocycles. The minimum Gasteiger partial charge on any atom is -0.480 e. The molecular formula is C13H19BrClFN2O2. The predicted molar refractivity (Wildman–Crippen MR) is 83.0 cm³/mol. The molecule has 0 heterocycles. The largest absolute Gasteiger partial charge is 0.480 e. The van der Waals surface area contributed by atoms with E-state index in [2.05, 4.69) is 21.2 Å². The van der Waals surface area contributed by atoms with E-state index in [9.17, 15) is 9.18 Å². The average molecular weight is 370 g/mol. The van der Waals surface area contributed by atoms with E-state index in [1.807, 2.05) is 7.05 Å². The van der Waals surface area contributed by atoms with Gasteiger partial charge in [0, 0.05) is 20.1 Å². The molecule has 0 radical (unpaired) electrons. The smallest absolute Gasteiger partial charge is 0.263 e.